The van der Waals surface area contributed by atoms with E-state index in [-0.39, 0.29) is 41.5 Å². The third-order valence-corrected chi connectivity index (χ3v) is 3.30. The number of aliphatic imine (C=N–C) groups is 1. The molecule has 1 aliphatic heterocycles. The largest absolute Gasteiger partial charge is 0.356 e. The van der Waals surface area contributed by atoms with Crippen LogP contribution in [0.5, 0.6) is 0 Å². The van der Waals surface area contributed by atoms with Crippen molar-refractivity contribution in [2.75, 3.05) is 26.2 Å². The Morgan fingerprint density at radius 2 is 2.14 bits per heavy atom. The van der Waals surface area contributed by atoms with E-state index in [0.717, 1.165) is 19.0 Å². The van der Waals surface area contributed by atoms with Crippen molar-refractivity contribution in [3.8, 4) is 12.3 Å². The first-order valence-corrected chi connectivity index (χ1v) is 7.12. The molecule has 0 aliphatic carbocycles. The molecule has 0 aromatic carbocycles. The molecular weight excluding hydrogens is 379 g/mol. The minimum atomic E-state index is -0.226. The van der Waals surface area contributed by atoms with Gasteiger partial charge in [-0.3, -0.25) is 4.79 Å². The standard InChI is InChI=1S/C15H26N4O.HI/c1-7-9-17-14(16-8-2)18-10-13(20)19(12(3)4)15(5,6)11-18;/h1,12H,8-11H2,2-6H3,(H,16,17);1H. The van der Waals surface area contributed by atoms with Gasteiger partial charge in [0.25, 0.3) is 0 Å². The van der Waals surface area contributed by atoms with Crippen molar-refractivity contribution < 1.29 is 4.79 Å². The molecule has 0 aromatic heterocycles. The van der Waals surface area contributed by atoms with Crippen LogP contribution in [0.3, 0.4) is 0 Å². The smallest absolute Gasteiger partial charge is 0.242 e. The van der Waals surface area contributed by atoms with E-state index in [4.69, 9.17) is 6.42 Å². The van der Waals surface area contributed by atoms with Crippen LogP contribution in [-0.4, -0.2) is 59.4 Å². The molecule has 1 saturated heterocycles. The molecule has 1 amide bonds. The number of carbonyl (C=O) groups excluding carboxylic acids is 1. The second-order valence-corrected chi connectivity index (χ2v) is 5.90. The molecule has 0 radical (unpaired) electrons. The number of terminal acetylenes is 1. The number of nitrogens with one attached hydrogen (secondary N) is 1. The SMILES string of the molecule is C#CCN=C(NCC)N1CC(=O)N(C(C)C)C(C)(C)C1.I. The average Bonchev–Trinajstić information content (AvgIpc) is 2.31. The lowest BCUT2D eigenvalue weighted by Gasteiger charge is -2.49. The van der Waals surface area contributed by atoms with Crippen LogP contribution in [0.15, 0.2) is 4.99 Å². The number of halogens is 1. The van der Waals surface area contributed by atoms with Gasteiger partial charge >= 0.3 is 0 Å². The van der Waals surface area contributed by atoms with Gasteiger partial charge in [-0.2, -0.15) is 0 Å². The quantitative estimate of drug-likeness (QED) is 0.335. The van der Waals surface area contributed by atoms with Crippen LogP contribution in [-0.2, 0) is 4.79 Å². The molecular formula is C15H27IN4O. The number of piperazine rings is 1. The van der Waals surface area contributed by atoms with Crippen LogP contribution in [0.25, 0.3) is 0 Å². The Labute approximate surface area is 145 Å². The molecule has 0 unspecified atom stereocenters. The maximum absolute atomic E-state index is 12.4. The van der Waals surface area contributed by atoms with E-state index < -0.39 is 0 Å². The molecule has 1 fully saturated rings. The summed E-state index contributed by atoms with van der Waals surface area (Å²) in [5, 5.41) is 3.20. The van der Waals surface area contributed by atoms with Gasteiger partial charge in [-0.25, -0.2) is 4.99 Å². The van der Waals surface area contributed by atoms with Gasteiger partial charge in [-0.15, -0.1) is 30.4 Å². The van der Waals surface area contributed by atoms with Gasteiger partial charge in [0.2, 0.25) is 5.91 Å². The number of rotatable bonds is 3. The summed E-state index contributed by atoms with van der Waals surface area (Å²) >= 11 is 0. The summed E-state index contributed by atoms with van der Waals surface area (Å²) < 4.78 is 0. The maximum Gasteiger partial charge on any atom is 0.242 e. The van der Waals surface area contributed by atoms with E-state index in [0.29, 0.717) is 13.1 Å². The summed E-state index contributed by atoms with van der Waals surface area (Å²) in [6, 6.07) is 0.199. The molecule has 0 saturated carbocycles. The minimum Gasteiger partial charge on any atom is -0.356 e. The normalized spacial score (nSPS) is 18.3. The summed E-state index contributed by atoms with van der Waals surface area (Å²) in [6.07, 6.45) is 5.27. The Hall–Kier alpha value is -0.970. The van der Waals surface area contributed by atoms with E-state index in [9.17, 15) is 4.79 Å². The summed E-state index contributed by atoms with van der Waals surface area (Å²) in [5.41, 5.74) is -0.226. The molecule has 0 bridgehead atoms. The summed E-state index contributed by atoms with van der Waals surface area (Å²) in [4.78, 5) is 20.7. The van der Waals surface area contributed by atoms with Crippen LogP contribution in [0.4, 0.5) is 0 Å². The Morgan fingerprint density at radius 1 is 1.52 bits per heavy atom. The van der Waals surface area contributed by atoms with E-state index in [1.807, 2.05) is 30.6 Å². The Morgan fingerprint density at radius 3 is 2.57 bits per heavy atom. The number of hydrogen-bond acceptors (Lipinski definition) is 2. The summed E-state index contributed by atoms with van der Waals surface area (Å²) in [6.45, 7) is 12.4. The molecule has 1 heterocycles. The predicted molar refractivity (Wildman–Crippen MR) is 97.9 cm³/mol. The lowest BCUT2D eigenvalue weighted by molar-refractivity contribution is -0.145. The molecule has 1 aliphatic rings. The van der Waals surface area contributed by atoms with Crippen LogP contribution < -0.4 is 5.32 Å². The first-order valence-electron chi connectivity index (χ1n) is 7.12. The number of hydrogen-bond donors (Lipinski definition) is 1. The maximum atomic E-state index is 12.4. The Bertz CT molecular complexity index is 426. The fourth-order valence-corrected chi connectivity index (χ4v) is 2.86. The highest BCUT2D eigenvalue weighted by atomic mass is 127. The van der Waals surface area contributed by atoms with Gasteiger partial charge in [-0.05, 0) is 34.6 Å². The molecule has 120 valence electrons. The van der Waals surface area contributed by atoms with Crippen molar-refractivity contribution in [3.05, 3.63) is 0 Å². The molecule has 6 heteroatoms. The van der Waals surface area contributed by atoms with Crippen LogP contribution in [0.2, 0.25) is 0 Å². The van der Waals surface area contributed by atoms with E-state index in [2.05, 4.69) is 30.1 Å². The molecule has 1 N–H and O–H groups in total. The van der Waals surface area contributed by atoms with E-state index in [1.165, 1.54) is 0 Å². The number of nitrogens with zero attached hydrogens (tertiary/aromatic N) is 3. The third-order valence-electron chi connectivity index (χ3n) is 3.30. The topological polar surface area (TPSA) is 47.9 Å². The van der Waals surface area contributed by atoms with Crippen LogP contribution in [0.1, 0.15) is 34.6 Å². The lowest BCUT2D eigenvalue weighted by Crippen LogP contribution is -2.66. The summed E-state index contributed by atoms with van der Waals surface area (Å²) in [5.74, 6) is 3.35. The average molecular weight is 406 g/mol. The van der Waals surface area contributed by atoms with Gasteiger partial charge in [-0.1, -0.05) is 5.92 Å². The number of guanidine groups is 1. The Balaban J connectivity index is 0.00000400. The second kappa shape index (κ2) is 8.47. The highest BCUT2D eigenvalue weighted by molar-refractivity contribution is 14.0. The van der Waals surface area contributed by atoms with Crippen LogP contribution in [0, 0.1) is 12.3 Å². The highest BCUT2D eigenvalue weighted by Crippen LogP contribution is 2.24. The van der Waals surface area contributed by atoms with Gasteiger partial charge in [0.15, 0.2) is 5.96 Å². The van der Waals surface area contributed by atoms with Crippen molar-refractivity contribution in [2.24, 2.45) is 4.99 Å². The molecule has 5 nitrogen and oxygen atoms in total. The molecule has 21 heavy (non-hydrogen) atoms. The third kappa shape index (κ3) is 5.06. The lowest BCUT2D eigenvalue weighted by atomic mass is 9.96. The number of amides is 1. The fourth-order valence-electron chi connectivity index (χ4n) is 2.86. The number of carbonyl (C=O) groups is 1. The van der Waals surface area contributed by atoms with Crippen molar-refractivity contribution in [1.82, 2.24) is 15.1 Å². The van der Waals surface area contributed by atoms with Crippen molar-refractivity contribution in [3.63, 3.8) is 0 Å². The zero-order chi connectivity index (χ0) is 15.3. The van der Waals surface area contributed by atoms with Crippen LogP contribution >= 0.6 is 24.0 Å². The van der Waals surface area contributed by atoms with Gasteiger partial charge < -0.3 is 15.1 Å². The van der Waals surface area contributed by atoms with Crippen molar-refractivity contribution in [2.45, 2.75) is 46.2 Å². The second-order valence-electron chi connectivity index (χ2n) is 5.90. The van der Waals surface area contributed by atoms with Crippen molar-refractivity contribution >= 4 is 35.8 Å². The highest BCUT2D eigenvalue weighted by Gasteiger charge is 2.40. The van der Waals surface area contributed by atoms with Gasteiger partial charge in [0, 0.05) is 19.1 Å². The predicted octanol–water partition coefficient (Wildman–Crippen LogP) is 1.53. The van der Waals surface area contributed by atoms with Gasteiger partial charge in [0.1, 0.15) is 6.54 Å². The molecule has 0 spiro atoms. The minimum absolute atomic E-state index is 0. The monoisotopic (exact) mass is 406 g/mol. The fraction of sp³-hybridized carbons (Fsp3) is 0.733. The zero-order valence-corrected chi connectivity index (χ0v) is 16.0. The van der Waals surface area contributed by atoms with E-state index >= 15 is 0 Å². The van der Waals surface area contributed by atoms with E-state index in [1.54, 1.807) is 0 Å². The van der Waals surface area contributed by atoms with Gasteiger partial charge in [0.05, 0.1) is 12.1 Å². The zero-order valence-electron chi connectivity index (χ0n) is 13.6. The molecule has 0 atom stereocenters. The first kappa shape index (κ1) is 20.0. The first-order chi connectivity index (χ1) is 9.33. The Kier molecular flexibility index (Phi) is 8.08. The molecule has 1 rings (SSSR count). The molecule has 0 aromatic rings. The summed E-state index contributed by atoms with van der Waals surface area (Å²) in [7, 11) is 0. The van der Waals surface area contributed by atoms with Crippen molar-refractivity contribution in [1.29, 1.82) is 0 Å².